The largest absolute Gasteiger partial charge is 0.507 e. The fraction of sp³-hybridized carbons (Fsp3) is 0.393. The average Bonchev–Trinajstić information content (AvgIpc) is 3.12. The van der Waals surface area contributed by atoms with Crippen molar-refractivity contribution in [1.82, 2.24) is 0 Å². The van der Waals surface area contributed by atoms with Crippen molar-refractivity contribution in [1.29, 1.82) is 0 Å². The van der Waals surface area contributed by atoms with Crippen molar-refractivity contribution < 1.29 is 29.3 Å². The number of aromatic carboxylic acids is 1. The summed E-state index contributed by atoms with van der Waals surface area (Å²) in [7, 11) is 0. The quantitative estimate of drug-likeness (QED) is 0.158. The Labute approximate surface area is 227 Å². The molecule has 1 fully saturated rings. The average molecular weight is 544 g/mol. The minimum absolute atomic E-state index is 0.0619. The summed E-state index contributed by atoms with van der Waals surface area (Å²) in [5.74, 6) is -0.767. The number of rotatable bonds is 13. The van der Waals surface area contributed by atoms with Crippen LogP contribution in [0.1, 0.15) is 75.2 Å². The van der Waals surface area contributed by atoms with E-state index in [2.05, 4.69) is 13.8 Å². The van der Waals surface area contributed by atoms with Gasteiger partial charge in [0.2, 0.25) is 0 Å². The number of thioether (sulfide) groups is 1. The molecule has 1 unspecified atom stereocenters. The molecule has 9 heteroatoms. The maximum absolute atomic E-state index is 13.1. The summed E-state index contributed by atoms with van der Waals surface area (Å²) < 4.78 is 12.3. The van der Waals surface area contributed by atoms with Crippen LogP contribution in [0.5, 0.6) is 17.2 Å². The van der Waals surface area contributed by atoms with E-state index in [1.165, 1.54) is 48.8 Å². The highest BCUT2D eigenvalue weighted by Gasteiger charge is 2.34. The van der Waals surface area contributed by atoms with Crippen LogP contribution in [0.2, 0.25) is 0 Å². The molecule has 0 saturated carbocycles. The minimum atomic E-state index is -1.26. The van der Waals surface area contributed by atoms with Crippen LogP contribution in [0, 0.1) is 0 Å². The first-order valence-corrected chi connectivity index (χ1v) is 13.7. The van der Waals surface area contributed by atoms with Crippen molar-refractivity contribution in [2.45, 2.75) is 65.4 Å². The number of hydrogen-bond donors (Lipinski definition) is 2. The Morgan fingerprint density at radius 3 is 2.54 bits per heavy atom. The lowest BCUT2D eigenvalue weighted by molar-refractivity contribution is -0.113. The summed E-state index contributed by atoms with van der Waals surface area (Å²) in [5.41, 5.74) is 0.810. The van der Waals surface area contributed by atoms with Crippen molar-refractivity contribution in [3.05, 3.63) is 52.4 Å². The lowest BCUT2D eigenvalue weighted by atomic mass is 10.1. The van der Waals surface area contributed by atoms with E-state index in [9.17, 15) is 14.7 Å². The number of carbonyl (C=O) groups is 2. The zero-order valence-corrected chi connectivity index (χ0v) is 23.0. The molecule has 0 bridgehead atoms. The molecule has 1 atom stereocenters. The number of carbonyl (C=O) groups excluding carboxylic acids is 1. The molecule has 37 heavy (non-hydrogen) atoms. The summed E-state index contributed by atoms with van der Waals surface area (Å²) in [6.45, 7) is 6.65. The van der Waals surface area contributed by atoms with Crippen LogP contribution in [0.15, 0.2) is 41.3 Å². The molecule has 1 saturated heterocycles. The van der Waals surface area contributed by atoms with E-state index in [1.54, 1.807) is 6.08 Å². The zero-order valence-electron chi connectivity index (χ0n) is 21.4. The van der Waals surface area contributed by atoms with E-state index in [0.29, 0.717) is 28.7 Å². The van der Waals surface area contributed by atoms with Gasteiger partial charge in [0, 0.05) is 6.07 Å². The van der Waals surface area contributed by atoms with Gasteiger partial charge in [0.05, 0.1) is 23.3 Å². The fourth-order valence-electron chi connectivity index (χ4n) is 3.97. The van der Waals surface area contributed by atoms with Gasteiger partial charge in [-0.1, -0.05) is 62.7 Å². The maximum atomic E-state index is 13.1. The van der Waals surface area contributed by atoms with Gasteiger partial charge in [0.25, 0.3) is 5.91 Å². The first-order valence-electron chi connectivity index (χ1n) is 12.5. The molecule has 1 aliphatic rings. The van der Waals surface area contributed by atoms with Crippen LogP contribution in [0.25, 0.3) is 6.08 Å². The third kappa shape index (κ3) is 7.49. The Kier molecular flexibility index (Phi) is 10.4. The molecule has 2 aromatic carbocycles. The van der Waals surface area contributed by atoms with Gasteiger partial charge in [-0.3, -0.25) is 9.69 Å². The number of hydrogen-bond acceptors (Lipinski definition) is 7. The Hall–Kier alpha value is -3.04. The third-order valence-corrected chi connectivity index (χ3v) is 7.17. The molecule has 198 valence electrons. The van der Waals surface area contributed by atoms with Gasteiger partial charge in [-0.2, -0.15) is 0 Å². The summed E-state index contributed by atoms with van der Waals surface area (Å²) in [6.07, 6.45) is 8.85. The topological polar surface area (TPSA) is 96.3 Å². The molecular formula is C28H33NO6S2. The molecular weight excluding hydrogens is 510 g/mol. The van der Waals surface area contributed by atoms with E-state index >= 15 is 0 Å². The number of anilines is 1. The molecule has 0 aromatic heterocycles. The second-order valence-corrected chi connectivity index (χ2v) is 10.5. The van der Waals surface area contributed by atoms with Gasteiger partial charge in [-0.25, -0.2) is 4.79 Å². The van der Waals surface area contributed by atoms with Gasteiger partial charge in [0.1, 0.15) is 11.3 Å². The molecule has 2 aromatic rings. The Morgan fingerprint density at radius 2 is 1.86 bits per heavy atom. The summed E-state index contributed by atoms with van der Waals surface area (Å²) in [6, 6.07) is 9.48. The number of aromatic hydroxyl groups is 1. The monoisotopic (exact) mass is 543 g/mol. The lowest BCUT2D eigenvalue weighted by Crippen LogP contribution is -2.27. The number of carboxylic acids is 1. The van der Waals surface area contributed by atoms with Crippen LogP contribution in [0.4, 0.5) is 5.69 Å². The number of ether oxygens (including phenoxy) is 2. The van der Waals surface area contributed by atoms with Crippen LogP contribution < -0.4 is 14.4 Å². The standard InChI is InChI=1S/C28H33NO6S2/c1-4-6-7-8-9-10-18(3)35-23-14-11-19(15-24(23)34-5-2)16-25-26(31)29(28(36)37-25)20-12-13-21(27(32)33)22(30)17-20/h11-18,30H,4-10H2,1-3H3,(H,32,33). The lowest BCUT2D eigenvalue weighted by Gasteiger charge is -2.18. The highest BCUT2D eigenvalue weighted by Crippen LogP contribution is 2.38. The molecule has 1 amide bonds. The number of benzene rings is 2. The normalized spacial score (nSPS) is 15.3. The molecule has 0 aliphatic carbocycles. The SMILES string of the molecule is CCCCCCCC(C)Oc1ccc(C=C2SC(=S)N(c3ccc(C(=O)O)c(O)c3)C2=O)cc1OCC. The Bertz CT molecular complexity index is 1180. The van der Waals surface area contributed by atoms with E-state index < -0.39 is 11.7 Å². The van der Waals surface area contributed by atoms with Crippen molar-refractivity contribution in [3.63, 3.8) is 0 Å². The van der Waals surface area contributed by atoms with E-state index in [-0.39, 0.29) is 21.9 Å². The smallest absolute Gasteiger partial charge is 0.339 e. The van der Waals surface area contributed by atoms with Crippen molar-refractivity contribution in [3.8, 4) is 17.2 Å². The van der Waals surface area contributed by atoms with Crippen LogP contribution >= 0.6 is 24.0 Å². The zero-order chi connectivity index (χ0) is 26.9. The van der Waals surface area contributed by atoms with E-state index in [1.807, 2.05) is 25.1 Å². The van der Waals surface area contributed by atoms with Gasteiger partial charge < -0.3 is 19.7 Å². The molecule has 0 spiro atoms. The van der Waals surface area contributed by atoms with Gasteiger partial charge >= 0.3 is 5.97 Å². The predicted molar refractivity (Wildman–Crippen MR) is 152 cm³/mol. The second kappa shape index (κ2) is 13.5. The summed E-state index contributed by atoms with van der Waals surface area (Å²) in [4.78, 5) is 26.0. The van der Waals surface area contributed by atoms with Crippen LogP contribution in [-0.4, -0.2) is 39.1 Å². The summed E-state index contributed by atoms with van der Waals surface area (Å²) >= 11 is 6.53. The minimum Gasteiger partial charge on any atom is -0.507 e. The first-order chi connectivity index (χ1) is 17.7. The first kappa shape index (κ1) is 28.5. The van der Waals surface area contributed by atoms with Crippen LogP contribution in [-0.2, 0) is 4.79 Å². The fourth-order valence-corrected chi connectivity index (χ4v) is 5.27. The van der Waals surface area contributed by atoms with Gasteiger partial charge in [-0.05, 0) is 62.6 Å². The molecule has 1 heterocycles. The predicted octanol–water partition coefficient (Wildman–Crippen LogP) is 7.02. The van der Waals surface area contributed by atoms with Crippen molar-refractivity contribution in [2.75, 3.05) is 11.5 Å². The number of phenols is 1. The van der Waals surface area contributed by atoms with Gasteiger partial charge in [0.15, 0.2) is 15.8 Å². The molecule has 0 radical (unpaired) electrons. The van der Waals surface area contributed by atoms with E-state index in [0.717, 1.165) is 30.2 Å². The number of thiocarbonyl (C=S) groups is 1. The van der Waals surface area contributed by atoms with Crippen LogP contribution in [0.3, 0.4) is 0 Å². The van der Waals surface area contributed by atoms with Crippen molar-refractivity contribution in [2.24, 2.45) is 0 Å². The molecule has 2 N–H and O–H groups in total. The Balaban J connectivity index is 1.75. The molecule has 1 aliphatic heterocycles. The molecule has 7 nitrogen and oxygen atoms in total. The highest BCUT2D eigenvalue weighted by molar-refractivity contribution is 8.27. The van der Waals surface area contributed by atoms with E-state index in [4.69, 9.17) is 26.8 Å². The second-order valence-electron chi connectivity index (χ2n) is 8.79. The highest BCUT2D eigenvalue weighted by atomic mass is 32.2. The third-order valence-electron chi connectivity index (χ3n) is 5.87. The number of unbranched alkanes of at least 4 members (excludes halogenated alkanes) is 4. The van der Waals surface area contributed by atoms with Gasteiger partial charge in [-0.15, -0.1) is 0 Å². The maximum Gasteiger partial charge on any atom is 0.339 e. The number of carboxylic acid groups (broad SMARTS) is 1. The number of amides is 1. The number of nitrogens with zero attached hydrogens (tertiary/aromatic N) is 1. The Morgan fingerprint density at radius 1 is 1.11 bits per heavy atom. The summed E-state index contributed by atoms with van der Waals surface area (Å²) in [5, 5.41) is 19.2. The molecule has 3 rings (SSSR count). The van der Waals surface area contributed by atoms with Crippen molar-refractivity contribution >= 4 is 51.9 Å².